The molecule has 0 aliphatic carbocycles. The summed E-state index contributed by atoms with van der Waals surface area (Å²) in [6, 6.07) is 9.75. The van der Waals surface area contributed by atoms with Gasteiger partial charge in [0.05, 0.1) is 0 Å². The third-order valence-electron chi connectivity index (χ3n) is 2.24. The van der Waals surface area contributed by atoms with Crippen molar-refractivity contribution in [3.63, 3.8) is 0 Å². The molecule has 1 aromatic carbocycles. The topological polar surface area (TPSA) is 93.4 Å². The zero-order valence-corrected chi connectivity index (χ0v) is 13.8. The van der Waals surface area contributed by atoms with E-state index in [-0.39, 0.29) is 6.03 Å². The van der Waals surface area contributed by atoms with Gasteiger partial charge in [-0.1, -0.05) is 37.3 Å². The van der Waals surface area contributed by atoms with Crippen molar-refractivity contribution in [1.29, 1.82) is 0 Å². The highest BCUT2D eigenvalue weighted by molar-refractivity contribution is 5.73. The SMILES string of the molecule is CC(C)(C)OC(N)=O.CCCNC(=O)NCc1ccccc1. The second-order valence-corrected chi connectivity index (χ2v) is 5.63. The van der Waals surface area contributed by atoms with E-state index in [1.54, 1.807) is 20.8 Å². The first-order valence-corrected chi connectivity index (χ1v) is 7.28. The lowest BCUT2D eigenvalue weighted by atomic mass is 10.2. The van der Waals surface area contributed by atoms with Crippen LogP contribution in [0.3, 0.4) is 0 Å². The molecule has 6 nitrogen and oxygen atoms in total. The standard InChI is InChI=1S/C11H16N2O.C5H11NO2/c1-2-8-12-11(14)13-9-10-6-4-3-5-7-10;1-5(2,3)8-4(6)7/h3-7H,2,8-9H2,1H3,(H2,12,13,14);1-3H3,(H2,6,7). The lowest BCUT2D eigenvalue weighted by molar-refractivity contribution is 0.0600. The molecule has 0 saturated heterocycles. The van der Waals surface area contributed by atoms with E-state index in [1.807, 2.05) is 37.3 Å². The Morgan fingerprint density at radius 2 is 1.73 bits per heavy atom. The molecular weight excluding hydrogens is 282 g/mol. The van der Waals surface area contributed by atoms with Gasteiger partial charge >= 0.3 is 12.1 Å². The number of amides is 3. The summed E-state index contributed by atoms with van der Waals surface area (Å²) in [7, 11) is 0. The van der Waals surface area contributed by atoms with Crippen molar-refractivity contribution >= 4 is 12.1 Å². The summed E-state index contributed by atoms with van der Waals surface area (Å²) >= 11 is 0. The van der Waals surface area contributed by atoms with Crippen molar-refractivity contribution in [1.82, 2.24) is 10.6 Å². The lowest BCUT2D eigenvalue weighted by Gasteiger charge is -2.16. The molecular formula is C16H27N3O3. The van der Waals surface area contributed by atoms with Crippen molar-refractivity contribution in [2.75, 3.05) is 6.54 Å². The fourth-order valence-corrected chi connectivity index (χ4v) is 1.38. The van der Waals surface area contributed by atoms with Crippen LogP contribution in [0.1, 0.15) is 39.7 Å². The Kier molecular flexibility index (Phi) is 9.41. The average molecular weight is 309 g/mol. The number of carbonyl (C=O) groups is 2. The number of nitrogens with two attached hydrogens (primary N) is 1. The van der Waals surface area contributed by atoms with Crippen LogP contribution in [-0.4, -0.2) is 24.3 Å². The maximum atomic E-state index is 11.2. The van der Waals surface area contributed by atoms with Gasteiger partial charge in [-0.15, -0.1) is 0 Å². The van der Waals surface area contributed by atoms with Gasteiger partial charge in [0.25, 0.3) is 0 Å². The lowest BCUT2D eigenvalue weighted by Crippen LogP contribution is -2.35. The van der Waals surface area contributed by atoms with Crippen molar-refractivity contribution in [3.05, 3.63) is 35.9 Å². The maximum absolute atomic E-state index is 11.2. The molecule has 0 spiro atoms. The highest BCUT2D eigenvalue weighted by Crippen LogP contribution is 2.04. The van der Waals surface area contributed by atoms with Gasteiger partial charge in [0.1, 0.15) is 5.60 Å². The fourth-order valence-electron chi connectivity index (χ4n) is 1.38. The molecule has 0 aliphatic rings. The molecule has 0 atom stereocenters. The van der Waals surface area contributed by atoms with Crippen LogP contribution in [0.5, 0.6) is 0 Å². The van der Waals surface area contributed by atoms with Gasteiger partial charge in [-0.2, -0.15) is 0 Å². The van der Waals surface area contributed by atoms with Crippen LogP contribution < -0.4 is 16.4 Å². The van der Waals surface area contributed by atoms with Crippen LogP contribution in [0, 0.1) is 0 Å². The molecule has 0 fully saturated rings. The number of ether oxygens (including phenoxy) is 1. The minimum atomic E-state index is -0.725. The summed E-state index contributed by atoms with van der Waals surface area (Å²) < 4.78 is 4.58. The fraction of sp³-hybridized carbons (Fsp3) is 0.500. The van der Waals surface area contributed by atoms with E-state index in [9.17, 15) is 9.59 Å². The monoisotopic (exact) mass is 309 g/mol. The minimum Gasteiger partial charge on any atom is -0.444 e. The molecule has 0 heterocycles. The molecule has 0 bridgehead atoms. The molecule has 1 aromatic rings. The summed E-state index contributed by atoms with van der Waals surface area (Å²) in [5.41, 5.74) is 5.38. The Bertz CT molecular complexity index is 442. The third kappa shape index (κ3) is 12.8. The van der Waals surface area contributed by atoms with E-state index < -0.39 is 11.7 Å². The predicted molar refractivity (Wildman–Crippen MR) is 87.4 cm³/mol. The largest absolute Gasteiger partial charge is 0.444 e. The summed E-state index contributed by atoms with van der Waals surface area (Å²) in [6.07, 6.45) is 0.233. The third-order valence-corrected chi connectivity index (χ3v) is 2.24. The van der Waals surface area contributed by atoms with Crippen LogP contribution in [-0.2, 0) is 11.3 Å². The van der Waals surface area contributed by atoms with E-state index >= 15 is 0 Å². The molecule has 6 heteroatoms. The van der Waals surface area contributed by atoms with Crippen LogP contribution in [0.4, 0.5) is 9.59 Å². The first-order chi connectivity index (χ1) is 10.2. The molecule has 124 valence electrons. The number of rotatable bonds is 4. The Hall–Kier alpha value is -2.24. The molecule has 0 aliphatic heterocycles. The number of nitrogens with one attached hydrogen (secondary N) is 2. The van der Waals surface area contributed by atoms with E-state index in [2.05, 4.69) is 15.4 Å². The smallest absolute Gasteiger partial charge is 0.405 e. The van der Waals surface area contributed by atoms with Crippen molar-refractivity contribution < 1.29 is 14.3 Å². The molecule has 0 aromatic heterocycles. The van der Waals surface area contributed by atoms with Crippen LogP contribution in [0.2, 0.25) is 0 Å². The maximum Gasteiger partial charge on any atom is 0.405 e. The van der Waals surface area contributed by atoms with Crippen LogP contribution in [0.25, 0.3) is 0 Å². The number of hydrogen-bond donors (Lipinski definition) is 3. The quantitative estimate of drug-likeness (QED) is 0.798. The molecule has 0 unspecified atom stereocenters. The van der Waals surface area contributed by atoms with Crippen LogP contribution >= 0.6 is 0 Å². The van der Waals surface area contributed by atoms with Gasteiger partial charge in [-0.05, 0) is 32.8 Å². The van der Waals surface area contributed by atoms with Gasteiger partial charge < -0.3 is 21.1 Å². The minimum absolute atomic E-state index is 0.101. The predicted octanol–water partition coefficient (Wildman–Crippen LogP) is 2.78. The molecule has 0 saturated carbocycles. The zero-order chi connectivity index (χ0) is 17.0. The summed E-state index contributed by atoms with van der Waals surface area (Å²) in [5.74, 6) is 0. The Morgan fingerprint density at radius 1 is 1.14 bits per heavy atom. The van der Waals surface area contributed by atoms with Gasteiger partial charge in [0, 0.05) is 13.1 Å². The molecule has 3 amide bonds. The number of hydrogen-bond acceptors (Lipinski definition) is 3. The first-order valence-electron chi connectivity index (χ1n) is 7.28. The number of urea groups is 1. The average Bonchev–Trinajstić information content (AvgIpc) is 2.42. The van der Waals surface area contributed by atoms with Gasteiger partial charge in [-0.3, -0.25) is 0 Å². The van der Waals surface area contributed by atoms with Crippen LogP contribution in [0.15, 0.2) is 30.3 Å². The Labute approximate surface area is 132 Å². The van der Waals surface area contributed by atoms with E-state index in [0.29, 0.717) is 6.54 Å². The molecule has 0 radical (unpaired) electrons. The summed E-state index contributed by atoms with van der Waals surface area (Å²) in [6.45, 7) is 8.61. The first kappa shape index (κ1) is 19.8. The van der Waals surface area contributed by atoms with Crippen molar-refractivity contribution in [3.8, 4) is 0 Å². The van der Waals surface area contributed by atoms with Gasteiger partial charge in [-0.25, -0.2) is 9.59 Å². The summed E-state index contributed by atoms with van der Waals surface area (Å²) in [5, 5.41) is 5.54. The number of primary amides is 1. The number of carbonyl (C=O) groups excluding carboxylic acids is 2. The van der Waals surface area contributed by atoms with E-state index in [1.165, 1.54) is 0 Å². The van der Waals surface area contributed by atoms with E-state index in [0.717, 1.165) is 18.5 Å². The molecule has 1 rings (SSSR count). The van der Waals surface area contributed by atoms with Crippen molar-refractivity contribution in [2.45, 2.75) is 46.3 Å². The second kappa shape index (κ2) is 10.5. The summed E-state index contributed by atoms with van der Waals surface area (Å²) in [4.78, 5) is 21.2. The highest BCUT2D eigenvalue weighted by atomic mass is 16.6. The second-order valence-electron chi connectivity index (χ2n) is 5.63. The normalized spacial score (nSPS) is 10.0. The number of benzene rings is 1. The van der Waals surface area contributed by atoms with Crippen molar-refractivity contribution in [2.24, 2.45) is 5.73 Å². The highest BCUT2D eigenvalue weighted by Gasteiger charge is 2.12. The molecule has 4 N–H and O–H groups in total. The Balaban J connectivity index is 0.000000472. The zero-order valence-electron chi connectivity index (χ0n) is 13.8. The molecule has 22 heavy (non-hydrogen) atoms. The van der Waals surface area contributed by atoms with Gasteiger partial charge in [0.15, 0.2) is 0 Å². The Morgan fingerprint density at radius 3 is 2.14 bits per heavy atom. The van der Waals surface area contributed by atoms with Gasteiger partial charge in [0.2, 0.25) is 0 Å². The van der Waals surface area contributed by atoms with E-state index in [4.69, 9.17) is 5.73 Å².